The molecule has 4 aliphatic rings. The lowest BCUT2D eigenvalue weighted by Gasteiger charge is -2.47. The molecule has 0 atom stereocenters. The Morgan fingerprint density at radius 2 is 0.624 bits per heavy atom. The van der Waals surface area contributed by atoms with Crippen molar-refractivity contribution in [1.82, 2.24) is 4.57 Å². The van der Waals surface area contributed by atoms with E-state index >= 15 is 0 Å². The lowest BCUT2D eigenvalue weighted by Crippen LogP contribution is -2.64. The van der Waals surface area contributed by atoms with Crippen LogP contribution in [0.4, 0.5) is 85.3 Å². The van der Waals surface area contributed by atoms with Gasteiger partial charge in [-0.15, -0.1) is 0 Å². The topological polar surface area (TPSA) is 30.4 Å². The van der Waals surface area contributed by atoms with Crippen LogP contribution in [0, 0.1) is 0 Å². The Morgan fingerprint density at radius 1 is 0.237 bits per heavy atom. The molecule has 0 aliphatic carbocycles. The zero-order valence-electron chi connectivity index (χ0n) is 50.6. The Kier molecular flexibility index (Phi) is 12.0. The summed E-state index contributed by atoms with van der Waals surface area (Å²) in [5.41, 5.74) is 26.6. The van der Waals surface area contributed by atoms with Crippen LogP contribution < -0.4 is 62.0 Å². The summed E-state index contributed by atoms with van der Waals surface area (Å²) in [4.78, 5) is 12.4. The first-order valence-electron chi connectivity index (χ1n) is 32.0. The van der Waals surface area contributed by atoms with Gasteiger partial charge in [0.15, 0.2) is 0 Å². The molecule has 0 fully saturated rings. The number of nitrogens with zero attached hydrogens (tertiary/aromatic N) is 6. The van der Waals surface area contributed by atoms with Gasteiger partial charge in [0, 0.05) is 85.1 Å². The number of hydrogen-bond acceptors (Lipinski definition) is 6. The van der Waals surface area contributed by atoms with E-state index < -0.39 is 0 Å². The van der Waals surface area contributed by atoms with Gasteiger partial charge in [-0.25, -0.2) is 0 Å². The maximum absolute atomic E-state index is 7.29. The molecule has 0 amide bonds. The SMILES string of the molecule is c1ccc(N(c2ccccc2)c2cc3c4c(c2)N(c2ccccc2)c2cc5c(cc2B4c2ccccc2O3)B2c3ccccc3N(c3ccccc3-n3c4ccccc4c4ccccc43)c3cc(N(c4ccccc4)c4ccccc4)cc(c32)N5c2ccccc2)cc1. The van der Waals surface area contributed by atoms with Crippen LogP contribution in [0.2, 0.25) is 0 Å². The van der Waals surface area contributed by atoms with E-state index in [4.69, 9.17) is 4.74 Å². The molecule has 4 aliphatic heterocycles. The van der Waals surface area contributed by atoms with Crippen molar-refractivity contribution in [2.75, 3.05) is 24.5 Å². The summed E-state index contributed by atoms with van der Waals surface area (Å²) in [6.07, 6.45) is 0. The summed E-state index contributed by atoms with van der Waals surface area (Å²) < 4.78 is 9.77. The van der Waals surface area contributed by atoms with Gasteiger partial charge in [-0.1, -0.05) is 200 Å². The predicted molar refractivity (Wildman–Crippen MR) is 390 cm³/mol. The van der Waals surface area contributed by atoms with Crippen LogP contribution in [0.25, 0.3) is 27.5 Å². The van der Waals surface area contributed by atoms with E-state index in [1.54, 1.807) is 0 Å². The molecule has 0 N–H and O–H groups in total. The molecule has 93 heavy (non-hydrogen) atoms. The number of aromatic nitrogens is 1. The van der Waals surface area contributed by atoms with Crippen molar-refractivity contribution in [2.24, 2.45) is 0 Å². The van der Waals surface area contributed by atoms with Crippen LogP contribution in [-0.2, 0) is 0 Å². The predicted octanol–water partition coefficient (Wildman–Crippen LogP) is 18.2. The van der Waals surface area contributed by atoms with Crippen molar-refractivity contribution in [3.05, 3.63) is 340 Å². The largest absolute Gasteiger partial charge is 0.458 e. The van der Waals surface area contributed by atoms with Crippen LogP contribution >= 0.6 is 0 Å². The highest BCUT2D eigenvalue weighted by Gasteiger charge is 2.48. The standard InChI is InChI=1S/C84H56B2N6O/c1-7-29-57(30-8-1)87(58-31-9-2-10-32-58)63-51-78-83-79(52-63)92(75-49-27-26-48-74(75)91-71-45-23-19-41-65(71)66-42-20-24-46-72(66)91)73-47-25-21-43-67(73)85(83)69-55-70-77(56-76(69)89(78)61-37-15-5-16-38-61)90(62-39-17-6-18-40-62)80-53-64(54-82-84(80)86(70)68-44-22-28-50-81(68)93-82)88(59-33-11-3-12-34-59)60-35-13-4-14-36-60/h1-56H. The number of fused-ring (bicyclic) bond motifs is 11. The first kappa shape index (κ1) is 52.7. The van der Waals surface area contributed by atoms with E-state index in [0.29, 0.717) is 0 Å². The van der Waals surface area contributed by atoms with Crippen molar-refractivity contribution in [3.63, 3.8) is 0 Å². The molecule has 434 valence electrons. The fraction of sp³-hybridized carbons (Fsp3) is 0. The van der Waals surface area contributed by atoms with Crippen LogP contribution in [0.1, 0.15) is 0 Å². The lowest BCUT2D eigenvalue weighted by molar-refractivity contribution is 0.487. The zero-order valence-corrected chi connectivity index (χ0v) is 50.6. The van der Waals surface area contributed by atoms with E-state index in [-0.39, 0.29) is 13.4 Å². The normalized spacial score (nSPS) is 12.9. The molecule has 9 heteroatoms. The molecule has 0 saturated heterocycles. The summed E-state index contributed by atoms with van der Waals surface area (Å²) in [6, 6.07) is 124. The molecule has 15 aromatic rings. The van der Waals surface area contributed by atoms with Crippen molar-refractivity contribution in [2.45, 2.75) is 0 Å². The van der Waals surface area contributed by atoms with Crippen molar-refractivity contribution in [1.29, 1.82) is 0 Å². The van der Waals surface area contributed by atoms with E-state index in [9.17, 15) is 0 Å². The van der Waals surface area contributed by atoms with Crippen molar-refractivity contribution < 1.29 is 4.74 Å². The van der Waals surface area contributed by atoms with E-state index in [1.165, 1.54) is 32.6 Å². The molecule has 0 spiro atoms. The highest BCUT2D eigenvalue weighted by molar-refractivity contribution is 7.02. The van der Waals surface area contributed by atoms with Crippen LogP contribution in [-0.4, -0.2) is 18.0 Å². The molecule has 1 aromatic heterocycles. The summed E-state index contributed by atoms with van der Waals surface area (Å²) in [7, 11) is 0. The fourth-order valence-electron chi connectivity index (χ4n) is 15.6. The van der Waals surface area contributed by atoms with Gasteiger partial charge in [-0.3, -0.25) is 0 Å². The number of hydrogen-bond donors (Lipinski definition) is 0. The summed E-state index contributed by atoms with van der Waals surface area (Å²) in [5, 5.41) is 2.44. The van der Waals surface area contributed by atoms with Gasteiger partial charge in [-0.2, -0.15) is 0 Å². The number of anilines is 15. The second-order valence-electron chi connectivity index (χ2n) is 24.4. The first-order valence-corrected chi connectivity index (χ1v) is 32.0. The summed E-state index contributed by atoms with van der Waals surface area (Å²) in [6.45, 7) is -0.406. The van der Waals surface area contributed by atoms with Crippen molar-refractivity contribution >= 4 is 153 Å². The van der Waals surface area contributed by atoms with E-state index in [1.807, 2.05) is 0 Å². The molecule has 7 nitrogen and oxygen atoms in total. The Hall–Kier alpha value is -12.2. The highest BCUT2D eigenvalue weighted by Crippen LogP contribution is 2.52. The molecule has 19 rings (SSSR count). The molecule has 0 radical (unpaired) electrons. The minimum absolute atomic E-state index is 0.191. The summed E-state index contributed by atoms with van der Waals surface area (Å²) in [5.74, 6) is 1.69. The molecule has 14 aromatic carbocycles. The minimum Gasteiger partial charge on any atom is -0.458 e. The second kappa shape index (κ2) is 21.2. The monoisotopic (exact) mass is 1190 g/mol. The van der Waals surface area contributed by atoms with E-state index in [0.717, 1.165) is 124 Å². The molecule has 0 unspecified atom stereocenters. The molecular formula is C84H56B2N6O. The molecular weight excluding hydrogens is 1130 g/mol. The van der Waals surface area contributed by atoms with Gasteiger partial charge >= 0.3 is 0 Å². The van der Waals surface area contributed by atoms with Gasteiger partial charge in [-0.05, 0) is 166 Å². The van der Waals surface area contributed by atoms with Gasteiger partial charge in [0.2, 0.25) is 0 Å². The number of benzene rings is 14. The molecule has 5 heterocycles. The third-order valence-corrected chi connectivity index (χ3v) is 19.3. The van der Waals surface area contributed by atoms with Gasteiger partial charge in [0.1, 0.15) is 11.5 Å². The quantitative estimate of drug-likeness (QED) is 0.127. The number of para-hydroxylation sites is 12. The highest BCUT2D eigenvalue weighted by atomic mass is 16.5. The second-order valence-corrected chi connectivity index (χ2v) is 24.4. The third-order valence-electron chi connectivity index (χ3n) is 19.3. The maximum Gasteiger partial charge on any atom is 0.256 e. The summed E-state index contributed by atoms with van der Waals surface area (Å²) >= 11 is 0. The molecule has 0 bridgehead atoms. The maximum atomic E-state index is 7.29. The zero-order chi connectivity index (χ0) is 61.1. The third kappa shape index (κ3) is 8.20. The number of rotatable bonds is 10. The van der Waals surface area contributed by atoms with Crippen LogP contribution in [0.15, 0.2) is 340 Å². The average Bonchev–Trinajstić information content (AvgIpc) is 1.25. The van der Waals surface area contributed by atoms with Crippen LogP contribution in [0.3, 0.4) is 0 Å². The first-order chi connectivity index (χ1) is 46.2. The van der Waals surface area contributed by atoms with Gasteiger partial charge < -0.3 is 33.8 Å². The van der Waals surface area contributed by atoms with Crippen molar-refractivity contribution in [3.8, 4) is 17.2 Å². The lowest BCUT2D eigenvalue weighted by atomic mass is 9.30. The number of ether oxygens (including phenoxy) is 1. The fourth-order valence-corrected chi connectivity index (χ4v) is 15.6. The Labute approximate surface area is 540 Å². The average molecular weight is 1190 g/mol. The smallest absolute Gasteiger partial charge is 0.256 e. The van der Waals surface area contributed by atoms with Gasteiger partial charge in [0.05, 0.1) is 33.8 Å². The van der Waals surface area contributed by atoms with Crippen LogP contribution in [0.5, 0.6) is 11.5 Å². The van der Waals surface area contributed by atoms with E-state index in [2.05, 4.69) is 369 Å². The Bertz CT molecular complexity index is 5290. The minimum atomic E-state index is -0.215. The Balaban J connectivity index is 0.921. The Morgan fingerprint density at radius 3 is 1.15 bits per heavy atom. The van der Waals surface area contributed by atoms with Gasteiger partial charge in [0.25, 0.3) is 13.4 Å². The molecule has 0 saturated carbocycles.